The number of hydrogen-bond donors (Lipinski definition) is 1. The number of thiazole rings is 1. The Balaban J connectivity index is 1.38. The van der Waals surface area contributed by atoms with Crippen LogP contribution in [0.15, 0.2) is 101 Å². The summed E-state index contributed by atoms with van der Waals surface area (Å²) in [5.41, 5.74) is 5.59. The number of carbonyl (C=O) groups is 1. The molecule has 0 unspecified atom stereocenters. The van der Waals surface area contributed by atoms with Crippen LogP contribution in [0.1, 0.15) is 11.1 Å². The number of nitrogens with zero attached hydrogens (tertiary/aromatic N) is 4. The topological polar surface area (TPSA) is 80.9 Å². The minimum absolute atomic E-state index is 0.0286. The number of nitrogens with one attached hydrogen (secondary N) is 1. The number of anilines is 1. The van der Waals surface area contributed by atoms with Crippen LogP contribution in [0.2, 0.25) is 0 Å². The molecule has 1 amide bonds. The molecule has 0 bridgehead atoms. The number of rotatable bonds is 6. The minimum atomic E-state index is -0.164. The van der Waals surface area contributed by atoms with E-state index < -0.39 is 0 Å². The highest BCUT2D eigenvalue weighted by atomic mass is 32.1. The van der Waals surface area contributed by atoms with Gasteiger partial charge in [0.15, 0.2) is 6.61 Å². The molecule has 0 radical (unpaired) electrons. The van der Waals surface area contributed by atoms with Crippen LogP contribution in [0.3, 0.4) is 0 Å². The first-order chi connectivity index (χ1) is 18.2. The highest BCUT2D eigenvalue weighted by molar-refractivity contribution is 7.07. The zero-order chi connectivity index (χ0) is 25.0. The number of benzene rings is 3. The monoisotopic (exact) mass is 505 g/mol. The number of pyridine rings is 1. The van der Waals surface area contributed by atoms with Crippen molar-refractivity contribution in [3.8, 4) is 17.0 Å². The second-order valence-corrected chi connectivity index (χ2v) is 9.42. The lowest BCUT2D eigenvalue weighted by molar-refractivity contribution is -0.118. The van der Waals surface area contributed by atoms with Gasteiger partial charge in [0.25, 0.3) is 5.91 Å². The maximum absolute atomic E-state index is 11.9. The standard InChI is InChI=1S/C29H23N5O2S/c35-28-18-36-27-11-9-23(16-25(27)33-28)26-19-37-29(31-14-12-20-5-2-1-3-6-20)34(26)32-17-21-8-10-24-22(15-21)7-4-13-30-24/h1-11,13,15-17,19H,12,14,18H2,(H,33,35)/b31-29?,32-17-. The molecule has 3 heterocycles. The van der Waals surface area contributed by atoms with Gasteiger partial charge in [-0.1, -0.05) is 42.5 Å². The van der Waals surface area contributed by atoms with Crippen molar-refractivity contribution in [3.05, 3.63) is 106 Å². The van der Waals surface area contributed by atoms with E-state index in [9.17, 15) is 4.79 Å². The zero-order valence-electron chi connectivity index (χ0n) is 19.9. The molecule has 0 saturated carbocycles. The Labute approximate surface area is 217 Å². The van der Waals surface area contributed by atoms with E-state index in [2.05, 4.69) is 28.5 Å². The van der Waals surface area contributed by atoms with Crippen LogP contribution in [-0.2, 0) is 11.2 Å². The van der Waals surface area contributed by atoms with Gasteiger partial charge in [0.1, 0.15) is 5.75 Å². The number of fused-ring (bicyclic) bond motifs is 2. The van der Waals surface area contributed by atoms with Crippen LogP contribution in [0, 0.1) is 0 Å². The summed E-state index contributed by atoms with van der Waals surface area (Å²) in [6.07, 6.45) is 4.47. The smallest absolute Gasteiger partial charge is 0.262 e. The Morgan fingerprint density at radius 2 is 1.97 bits per heavy atom. The molecule has 2 aromatic heterocycles. The molecule has 8 heteroatoms. The van der Waals surface area contributed by atoms with Gasteiger partial charge in [-0.25, -0.2) is 4.68 Å². The van der Waals surface area contributed by atoms with Gasteiger partial charge < -0.3 is 10.1 Å². The molecule has 0 spiro atoms. The molecule has 0 saturated heterocycles. The maximum atomic E-state index is 11.9. The Hall–Kier alpha value is -4.56. The molecule has 182 valence electrons. The summed E-state index contributed by atoms with van der Waals surface area (Å²) in [6, 6.07) is 26.1. The van der Waals surface area contributed by atoms with Crippen molar-refractivity contribution in [2.24, 2.45) is 10.1 Å². The molecule has 0 aliphatic carbocycles. The molecule has 1 N–H and O–H groups in total. The second-order valence-electron chi connectivity index (χ2n) is 8.58. The van der Waals surface area contributed by atoms with Gasteiger partial charge >= 0.3 is 0 Å². The van der Waals surface area contributed by atoms with E-state index in [1.807, 2.05) is 76.9 Å². The molecule has 0 fully saturated rings. The summed E-state index contributed by atoms with van der Waals surface area (Å²) in [7, 11) is 0. The van der Waals surface area contributed by atoms with Gasteiger partial charge in [0.2, 0.25) is 4.80 Å². The maximum Gasteiger partial charge on any atom is 0.262 e. The number of amides is 1. The van der Waals surface area contributed by atoms with Gasteiger partial charge in [-0.15, -0.1) is 11.3 Å². The van der Waals surface area contributed by atoms with Gasteiger partial charge in [-0.05, 0) is 53.9 Å². The SMILES string of the molecule is O=C1COc2ccc(-c3csc(=NCCc4ccccc4)n3/N=C\c3ccc4ncccc4c3)cc2N1. The van der Waals surface area contributed by atoms with Crippen molar-refractivity contribution in [1.29, 1.82) is 0 Å². The van der Waals surface area contributed by atoms with Crippen LogP contribution in [-0.4, -0.2) is 34.9 Å². The van der Waals surface area contributed by atoms with Gasteiger partial charge in [0, 0.05) is 29.1 Å². The van der Waals surface area contributed by atoms with Crippen LogP contribution in [0.4, 0.5) is 5.69 Å². The van der Waals surface area contributed by atoms with Crippen molar-refractivity contribution in [2.45, 2.75) is 6.42 Å². The molecular weight excluding hydrogens is 482 g/mol. The van der Waals surface area contributed by atoms with Crippen molar-refractivity contribution in [3.63, 3.8) is 0 Å². The van der Waals surface area contributed by atoms with Crippen LogP contribution < -0.4 is 14.9 Å². The molecule has 5 aromatic rings. The van der Waals surface area contributed by atoms with E-state index in [1.165, 1.54) is 16.9 Å². The quantitative estimate of drug-likeness (QED) is 0.325. The Kier molecular flexibility index (Phi) is 6.31. The van der Waals surface area contributed by atoms with E-state index in [1.54, 1.807) is 6.20 Å². The number of hydrogen-bond acceptors (Lipinski definition) is 6. The fourth-order valence-electron chi connectivity index (χ4n) is 4.18. The summed E-state index contributed by atoms with van der Waals surface area (Å²) in [4.78, 5) is 21.9. The fraction of sp³-hybridized carbons (Fsp3) is 0.103. The molecular formula is C29H23N5O2S. The third-order valence-electron chi connectivity index (χ3n) is 6.03. The lowest BCUT2D eigenvalue weighted by Crippen LogP contribution is -2.25. The predicted octanol–water partition coefficient (Wildman–Crippen LogP) is 5.12. The van der Waals surface area contributed by atoms with E-state index in [-0.39, 0.29) is 12.5 Å². The Morgan fingerprint density at radius 1 is 1.05 bits per heavy atom. The van der Waals surface area contributed by atoms with Crippen molar-refractivity contribution >= 4 is 40.0 Å². The van der Waals surface area contributed by atoms with Crippen LogP contribution >= 0.6 is 11.3 Å². The first-order valence-corrected chi connectivity index (χ1v) is 12.8. The molecule has 3 aromatic carbocycles. The number of ether oxygens (including phenoxy) is 1. The molecule has 6 rings (SSSR count). The first-order valence-electron chi connectivity index (χ1n) is 11.9. The minimum Gasteiger partial charge on any atom is -0.482 e. The summed E-state index contributed by atoms with van der Waals surface area (Å²) in [5, 5.41) is 10.8. The Morgan fingerprint density at radius 3 is 2.89 bits per heavy atom. The normalized spacial score (nSPS) is 13.5. The first kappa shape index (κ1) is 22.9. The zero-order valence-corrected chi connectivity index (χ0v) is 20.7. The van der Waals surface area contributed by atoms with E-state index in [0.717, 1.165) is 38.9 Å². The van der Waals surface area contributed by atoms with E-state index >= 15 is 0 Å². The third kappa shape index (κ3) is 5.05. The van der Waals surface area contributed by atoms with Gasteiger partial charge in [-0.2, -0.15) is 5.10 Å². The summed E-state index contributed by atoms with van der Waals surface area (Å²) in [5.74, 6) is 0.495. The lowest BCUT2D eigenvalue weighted by atomic mass is 10.1. The predicted molar refractivity (Wildman–Crippen MR) is 147 cm³/mol. The summed E-state index contributed by atoms with van der Waals surface area (Å²) < 4.78 is 7.39. The number of aromatic nitrogens is 2. The van der Waals surface area contributed by atoms with Crippen molar-refractivity contribution < 1.29 is 9.53 Å². The fourth-order valence-corrected chi connectivity index (χ4v) is 5.05. The van der Waals surface area contributed by atoms with Gasteiger partial charge in [0.05, 0.1) is 23.1 Å². The van der Waals surface area contributed by atoms with Crippen molar-refractivity contribution in [2.75, 3.05) is 18.5 Å². The summed E-state index contributed by atoms with van der Waals surface area (Å²) in [6.45, 7) is 0.677. The van der Waals surface area contributed by atoms with Gasteiger partial charge in [-0.3, -0.25) is 14.8 Å². The molecule has 0 atom stereocenters. The van der Waals surface area contributed by atoms with Crippen molar-refractivity contribution in [1.82, 2.24) is 9.66 Å². The number of carbonyl (C=O) groups excluding carboxylic acids is 1. The average molecular weight is 506 g/mol. The van der Waals surface area contributed by atoms with E-state index in [0.29, 0.717) is 18.0 Å². The third-order valence-corrected chi connectivity index (χ3v) is 6.89. The highest BCUT2D eigenvalue weighted by Gasteiger charge is 2.17. The molecule has 1 aliphatic rings. The highest BCUT2D eigenvalue weighted by Crippen LogP contribution is 2.33. The van der Waals surface area contributed by atoms with Crippen LogP contribution in [0.5, 0.6) is 5.75 Å². The molecule has 7 nitrogen and oxygen atoms in total. The molecule has 1 aliphatic heterocycles. The van der Waals surface area contributed by atoms with E-state index in [4.69, 9.17) is 14.8 Å². The van der Waals surface area contributed by atoms with Crippen LogP contribution in [0.25, 0.3) is 22.2 Å². The molecule has 37 heavy (non-hydrogen) atoms. The average Bonchev–Trinajstić information content (AvgIpc) is 3.34. The second kappa shape index (κ2) is 10.2. The Bertz CT molecular complexity index is 1690. The lowest BCUT2D eigenvalue weighted by Gasteiger charge is -2.18. The summed E-state index contributed by atoms with van der Waals surface area (Å²) >= 11 is 1.54. The largest absolute Gasteiger partial charge is 0.482 e.